The molecule has 130 valence electrons. The van der Waals surface area contributed by atoms with E-state index < -0.39 is 0 Å². The fourth-order valence-corrected chi connectivity index (χ4v) is 3.66. The second-order valence-electron chi connectivity index (χ2n) is 5.70. The zero-order chi connectivity index (χ0) is 17.9. The van der Waals surface area contributed by atoms with E-state index in [2.05, 4.69) is 10.1 Å². The van der Waals surface area contributed by atoms with Crippen LogP contribution in [0.5, 0.6) is 5.75 Å². The molecule has 2 heterocycles. The van der Waals surface area contributed by atoms with Crippen LogP contribution in [0.3, 0.4) is 0 Å². The van der Waals surface area contributed by atoms with E-state index in [1.54, 1.807) is 30.0 Å². The topological polar surface area (TPSA) is 39.4 Å². The van der Waals surface area contributed by atoms with Crippen LogP contribution in [0.15, 0.2) is 72.0 Å². The molecule has 0 aliphatic carbocycles. The van der Waals surface area contributed by atoms with Gasteiger partial charge in [0.1, 0.15) is 16.6 Å². The van der Waals surface area contributed by atoms with Crippen molar-refractivity contribution in [1.82, 2.24) is 14.6 Å². The highest BCUT2D eigenvalue weighted by atomic mass is 32.2. The highest BCUT2D eigenvalue weighted by Crippen LogP contribution is 2.29. The van der Waals surface area contributed by atoms with Gasteiger partial charge in [-0.25, -0.2) is 13.9 Å². The van der Waals surface area contributed by atoms with Crippen molar-refractivity contribution in [3.63, 3.8) is 0 Å². The first kappa shape index (κ1) is 16.6. The molecule has 0 spiro atoms. The predicted octanol–water partition coefficient (Wildman–Crippen LogP) is 4.84. The Morgan fingerprint density at radius 3 is 2.85 bits per heavy atom. The second kappa shape index (κ2) is 7.17. The summed E-state index contributed by atoms with van der Waals surface area (Å²) >= 11 is 1.50. The first-order valence-corrected chi connectivity index (χ1v) is 9.08. The van der Waals surface area contributed by atoms with Gasteiger partial charge in [0.05, 0.1) is 18.3 Å². The first-order valence-electron chi connectivity index (χ1n) is 8.09. The molecule has 0 saturated heterocycles. The Kier molecular flexibility index (Phi) is 4.58. The van der Waals surface area contributed by atoms with Crippen LogP contribution in [-0.2, 0) is 5.75 Å². The van der Waals surface area contributed by atoms with Crippen LogP contribution in [0.4, 0.5) is 4.39 Å². The molecule has 4 nitrogen and oxygen atoms in total. The molecule has 0 aliphatic heterocycles. The normalized spacial score (nSPS) is 11.0. The molecule has 0 unspecified atom stereocenters. The van der Waals surface area contributed by atoms with Crippen molar-refractivity contribution in [1.29, 1.82) is 0 Å². The molecule has 0 aliphatic rings. The zero-order valence-electron chi connectivity index (χ0n) is 14.1. The minimum Gasteiger partial charge on any atom is -0.497 e. The van der Waals surface area contributed by atoms with Gasteiger partial charge < -0.3 is 4.74 Å². The number of hydrogen-bond donors (Lipinski definition) is 0. The van der Waals surface area contributed by atoms with E-state index in [4.69, 9.17) is 4.74 Å². The van der Waals surface area contributed by atoms with E-state index in [1.807, 2.05) is 42.6 Å². The molecule has 0 bridgehead atoms. The molecule has 26 heavy (non-hydrogen) atoms. The number of hydrogen-bond acceptors (Lipinski definition) is 4. The van der Waals surface area contributed by atoms with Gasteiger partial charge in [0.15, 0.2) is 0 Å². The van der Waals surface area contributed by atoms with Gasteiger partial charge in [0.2, 0.25) is 0 Å². The van der Waals surface area contributed by atoms with Crippen LogP contribution in [0.2, 0.25) is 0 Å². The Morgan fingerprint density at radius 1 is 1.12 bits per heavy atom. The molecule has 0 N–H and O–H groups in total. The van der Waals surface area contributed by atoms with Crippen LogP contribution in [0.1, 0.15) is 5.56 Å². The smallest absolute Gasteiger partial charge is 0.127 e. The quantitative estimate of drug-likeness (QED) is 0.475. The van der Waals surface area contributed by atoms with Gasteiger partial charge >= 0.3 is 0 Å². The lowest BCUT2D eigenvalue weighted by Gasteiger charge is -2.04. The van der Waals surface area contributed by atoms with Crippen molar-refractivity contribution >= 4 is 17.3 Å². The van der Waals surface area contributed by atoms with Crippen molar-refractivity contribution in [3.05, 3.63) is 78.4 Å². The van der Waals surface area contributed by atoms with Gasteiger partial charge in [0, 0.05) is 23.7 Å². The number of fused-ring (bicyclic) bond motifs is 1. The lowest BCUT2D eigenvalue weighted by Crippen LogP contribution is -1.92. The number of methoxy groups -OCH3 is 1. The number of halogens is 1. The van der Waals surface area contributed by atoms with Crippen LogP contribution in [0, 0.1) is 5.82 Å². The molecule has 0 amide bonds. The van der Waals surface area contributed by atoms with E-state index >= 15 is 0 Å². The molecular formula is C20H16FN3OS. The lowest BCUT2D eigenvalue weighted by molar-refractivity contribution is 0.415. The van der Waals surface area contributed by atoms with Gasteiger partial charge in [-0.1, -0.05) is 42.1 Å². The molecular weight excluding hydrogens is 349 g/mol. The number of benzene rings is 2. The van der Waals surface area contributed by atoms with Crippen molar-refractivity contribution in [2.75, 3.05) is 7.11 Å². The summed E-state index contributed by atoms with van der Waals surface area (Å²) in [6.45, 7) is 0. The average Bonchev–Trinajstić information content (AvgIpc) is 3.12. The highest BCUT2D eigenvalue weighted by Gasteiger charge is 2.11. The predicted molar refractivity (Wildman–Crippen MR) is 101 cm³/mol. The van der Waals surface area contributed by atoms with Gasteiger partial charge in [-0.15, -0.1) is 0 Å². The molecule has 0 saturated carbocycles. The monoisotopic (exact) mass is 365 g/mol. The molecule has 0 fully saturated rings. The summed E-state index contributed by atoms with van der Waals surface area (Å²) in [5.74, 6) is 1.10. The van der Waals surface area contributed by atoms with Crippen molar-refractivity contribution in [3.8, 4) is 17.0 Å². The van der Waals surface area contributed by atoms with Gasteiger partial charge in [-0.3, -0.25) is 0 Å². The molecule has 4 rings (SSSR count). The van der Waals surface area contributed by atoms with Crippen LogP contribution in [0.25, 0.3) is 16.8 Å². The summed E-state index contributed by atoms with van der Waals surface area (Å²) in [6.07, 6.45) is 3.52. The third kappa shape index (κ3) is 3.28. The van der Waals surface area contributed by atoms with Crippen LogP contribution >= 0.6 is 11.8 Å². The summed E-state index contributed by atoms with van der Waals surface area (Å²) < 4.78 is 20.9. The van der Waals surface area contributed by atoms with E-state index in [0.29, 0.717) is 11.3 Å². The fourth-order valence-electron chi connectivity index (χ4n) is 2.69. The maximum atomic E-state index is 13.8. The molecule has 0 atom stereocenters. The number of rotatable bonds is 5. The van der Waals surface area contributed by atoms with Gasteiger partial charge in [-0.2, -0.15) is 5.10 Å². The second-order valence-corrected chi connectivity index (χ2v) is 6.67. The Bertz CT molecular complexity index is 1060. The van der Waals surface area contributed by atoms with Crippen LogP contribution < -0.4 is 4.74 Å². The Hall–Kier alpha value is -2.86. The maximum Gasteiger partial charge on any atom is 0.127 e. The maximum absolute atomic E-state index is 13.8. The molecule has 2 aromatic heterocycles. The number of nitrogens with zero attached hydrogens (tertiary/aromatic N) is 3. The Labute approximate surface area is 154 Å². The molecule has 2 aromatic carbocycles. The number of thioether (sulfide) groups is 1. The van der Waals surface area contributed by atoms with E-state index in [1.165, 1.54) is 17.8 Å². The summed E-state index contributed by atoms with van der Waals surface area (Å²) in [5.41, 5.74) is 3.36. The number of ether oxygens (including phenoxy) is 1. The minimum absolute atomic E-state index is 0.197. The SMILES string of the molecule is COc1cccc(-c2cc3c(SCc4ccccc4F)nccn3n2)c1. The third-order valence-electron chi connectivity index (χ3n) is 4.04. The highest BCUT2D eigenvalue weighted by molar-refractivity contribution is 7.98. The van der Waals surface area contributed by atoms with E-state index in [9.17, 15) is 4.39 Å². The van der Waals surface area contributed by atoms with Crippen LogP contribution in [-0.4, -0.2) is 21.7 Å². The molecule has 4 aromatic rings. The average molecular weight is 365 g/mol. The Morgan fingerprint density at radius 2 is 2.00 bits per heavy atom. The largest absolute Gasteiger partial charge is 0.497 e. The third-order valence-corrected chi connectivity index (χ3v) is 5.09. The zero-order valence-corrected chi connectivity index (χ0v) is 14.9. The van der Waals surface area contributed by atoms with E-state index in [0.717, 1.165) is 27.5 Å². The van der Waals surface area contributed by atoms with Gasteiger partial charge in [-0.05, 0) is 29.8 Å². The fraction of sp³-hybridized carbons (Fsp3) is 0.100. The Balaban J connectivity index is 1.66. The van der Waals surface area contributed by atoms with E-state index in [-0.39, 0.29) is 5.82 Å². The molecule has 6 heteroatoms. The summed E-state index contributed by atoms with van der Waals surface area (Å²) in [4.78, 5) is 4.45. The van der Waals surface area contributed by atoms with Crippen molar-refractivity contribution in [2.24, 2.45) is 0 Å². The lowest BCUT2D eigenvalue weighted by atomic mass is 10.1. The number of aromatic nitrogens is 3. The summed E-state index contributed by atoms with van der Waals surface area (Å²) in [5, 5.41) is 5.44. The minimum atomic E-state index is -0.197. The van der Waals surface area contributed by atoms with Crippen molar-refractivity contribution in [2.45, 2.75) is 10.8 Å². The standard InChI is InChI=1S/C20H16FN3OS/c1-25-16-7-4-6-14(11-16)18-12-19-20(22-9-10-24(19)23-18)26-13-15-5-2-3-8-17(15)21/h2-12H,13H2,1H3. The van der Waals surface area contributed by atoms with Gasteiger partial charge in [0.25, 0.3) is 0 Å². The first-order chi connectivity index (χ1) is 12.7. The summed E-state index contributed by atoms with van der Waals surface area (Å²) in [6, 6.07) is 16.6. The summed E-state index contributed by atoms with van der Waals surface area (Å²) in [7, 11) is 1.64. The molecule has 0 radical (unpaired) electrons. The van der Waals surface area contributed by atoms with Crippen molar-refractivity contribution < 1.29 is 9.13 Å².